The SMILES string of the molecule is CCC1CCCC(N[C@H](C)c2ccccc2Cl)C1. The highest BCUT2D eigenvalue weighted by atomic mass is 35.5. The standard InChI is InChI=1S/C16H24ClN/c1-3-13-7-6-8-14(11-13)18-12(2)15-9-4-5-10-16(15)17/h4-5,9-10,12-14,18H,3,6-8,11H2,1-2H3/t12-,13?,14?/m1/s1. The van der Waals surface area contributed by atoms with E-state index in [4.69, 9.17) is 11.6 Å². The second-order valence-corrected chi connectivity index (χ2v) is 5.95. The summed E-state index contributed by atoms with van der Waals surface area (Å²) in [6.07, 6.45) is 6.73. The number of rotatable bonds is 4. The Bertz CT molecular complexity index is 377. The van der Waals surface area contributed by atoms with Crippen LogP contribution in [-0.4, -0.2) is 6.04 Å². The first-order chi connectivity index (χ1) is 8.70. The van der Waals surface area contributed by atoms with Crippen LogP contribution in [0, 0.1) is 5.92 Å². The quantitative estimate of drug-likeness (QED) is 0.811. The molecule has 1 aliphatic carbocycles. The van der Waals surface area contributed by atoms with Crippen molar-refractivity contribution >= 4 is 11.6 Å². The van der Waals surface area contributed by atoms with Gasteiger partial charge in [-0.1, -0.05) is 56.0 Å². The summed E-state index contributed by atoms with van der Waals surface area (Å²) in [6, 6.07) is 9.17. The molecule has 3 atom stereocenters. The van der Waals surface area contributed by atoms with Crippen LogP contribution in [0.25, 0.3) is 0 Å². The van der Waals surface area contributed by atoms with Crippen molar-refractivity contribution in [3.8, 4) is 0 Å². The Balaban J connectivity index is 1.95. The van der Waals surface area contributed by atoms with Gasteiger partial charge in [-0.2, -0.15) is 0 Å². The lowest BCUT2D eigenvalue weighted by Gasteiger charge is -2.31. The Morgan fingerprint density at radius 2 is 2.11 bits per heavy atom. The minimum Gasteiger partial charge on any atom is -0.307 e. The molecule has 2 heteroatoms. The van der Waals surface area contributed by atoms with Gasteiger partial charge in [-0.3, -0.25) is 0 Å². The first-order valence-electron chi connectivity index (χ1n) is 7.21. The fourth-order valence-electron chi connectivity index (χ4n) is 3.08. The Morgan fingerprint density at radius 1 is 1.33 bits per heavy atom. The van der Waals surface area contributed by atoms with E-state index in [0.29, 0.717) is 12.1 Å². The van der Waals surface area contributed by atoms with E-state index in [1.807, 2.05) is 12.1 Å². The van der Waals surface area contributed by atoms with Crippen LogP contribution in [0.4, 0.5) is 0 Å². The topological polar surface area (TPSA) is 12.0 Å². The lowest BCUT2D eigenvalue weighted by Crippen LogP contribution is -2.35. The maximum absolute atomic E-state index is 6.25. The van der Waals surface area contributed by atoms with E-state index >= 15 is 0 Å². The second-order valence-electron chi connectivity index (χ2n) is 5.55. The van der Waals surface area contributed by atoms with Crippen molar-refractivity contribution in [3.63, 3.8) is 0 Å². The van der Waals surface area contributed by atoms with Crippen LogP contribution in [0.1, 0.15) is 57.6 Å². The van der Waals surface area contributed by atoms with Crippen molar-refractivity contribution in [2.45, 2.75) is 58.0 Å². The van der Waals surface area contributed by atoms with Gasteiger partial charge in [0.2, 0.25) is 0 Å². The molecule has 1 aromatic carbocycles. The Hall–Kier alpha value is -0.530. The second kappa shape index (κ2) is 6.58. The smallest absolute Gasteiger partial charge is 0.0453 e. The van der Waals surface area contributed by atoms with Gasteiger partial charge in [0.05, 0.1) is 0 Å². The number of hydrogen-bond donors (Lipinski definition) is 1. The van der Waals surface area contributed by atoms with E-state index in [9.17, 15) is 0 Å². The van der Waals surface area contributed by atoms with Gasteiger partial charge in [0.1, 0.15) is 0 Å². The van der Waals surface area contributed by atoms with E-state index < -0.39 is 0 Å². The zero-order chi connectivity index (χ0) is 13.0. The molecule has 1 N–H and O–H groups in total. The van der Waals surface area contributed by atoms with Crippen LogP contribution in [0.3, 0.4) is 0 Å². The van der Waals surface area contributed by atoms with E-state index in [0.717, 1.165) is 10.9 Å². The van der Waals surface area contributed by atoms with Crippen LogP contribution in [0.5, 0.6) is 0 Å². The molecule has 1 nitrogen and oxygen atoms in total. The van der Waals surface area contributed by atoms with Crippen LogP contribution < -0.4 is 5.32 Å². The predicted octanol–water partition coefficient (Wildman–Crippen LogP) is 4.96. The zero-order valence-electron chi connectivity index (χ0n) is 11.5. The molecule has 1 aliphatic rings. The minimum atomic E-state index is 0.347. The third kappa shape index (κ3) is 3.49. The number of hydrogen-bond acceptors (Lipinski definition) is 1. The highest BCUT2D eigenvalue weighted by molar-refractivity contribution is 6.31. The van der Waals surface area contributed by atoms with Crippen molar-refractivity contribution in [1.82, 2.24) is 5.32 Å². The summed E-state index contributed by atoms with van der Waals surface area (Å²) in [6.45, 7) is 4.53. The Kier molecular flexibility index (Phi) is 5.08. The summed E-state index contributed by atoms with van der Waals surface area (Å²) in [5.41, 5.74) is 1.22. The van der Waals surface area contributed by atoms with Crippen molar-refractivity contribution in [2.75, 3.05) is 0 Å². The molecule has 0 saturated heterocycles. The maximum Gasteiger partial charge on any atom is 0.0453 e. The van der Waals surface area contributed by atoms with Gasteiger partial charge in [0, 0.05) is 17.1 Å². The molecule has 18 heavy (non-hydrogen) atoms. The fourth-order valence-corrected chi connectivity index (χ4v) is 3.38. The van der Waals surface area contributed by atoms with Gasteiger partial charge < -0.3 is 5.32 Å². The molecule has 0 heterocycles. The molecular formula is C16H24ClN. The highest BCUT2D eigenvalue weighted by Gasteiger charge is 2.22. The van der Waals surface area contributed by atoms with Gasteiger partial charge in [-0.05, 0) is 37.3 Å². The summed E-state index contributed by atoms with van der Waals surface area (Å²) >= 11 is 6.25. The van der Waals surface area contributed by atoms with Gasteiger partial charge in [-0.15, -0.1) is 0 Å². The third-order valence-corrected chi connectivity index (χ3v) is 4.56. The van der Waals surface area contributed by atoms with Gasteiger partial charge in [-0.25, -0.2) is 0 Å². The number of halogens is 1. The molecule has 0 spiro atoms. The molecule has 1 saturated carbocycles. The molecule has 2 unspecified atom stereocenters. The predicted molar refractivity (Wildman–Crippen MR) is 79.0 cm³/mol. The molecule has 0 bridgehead atoms. The average molecular weight is 266 g/mol. The molecule has 0 amide bonds. The first-order valence-corrected chi connectivity index (χ1v) is 7.59. The summed E-state index contributed by atoms with van der Waals surface area (Å²) in [5, 5.41) is 4.63. The highest BCUT2D eigenvalue weighted by Crippen LogP contribution is 2.29. The van der Waals surface area contributed by atoms with E-state index in [2.05, 4.69) is 31.3 Å². The molecule has 0 aromatic heterocycles. The molecule has 0 aliphatic heterocycles. The van der Waals surface area contributed by atoms with Crippen molar-refractivity contribution in [1.29, 1.82) is 0 Å². The van der Waals surface area contributed by atoms with Crippen LogP contribution in [0.15, 0.2) is 24.3 Å². The monoisotopic (exact) mass is 265 g/mol. The van der Waals surface area contributed by atoms with E-state index in [-0.39, 0.29) is 0 Å². The van der Waals surface area contributed by atoms with Crippen molar-refractivity contribution < 1.29 is 0 Å². The lowest BCUT2D eigenvalue weighted by atomic mass is 9.84. The van der Waals surface area contributed by atoms with Gasteiger partial charge in [0.25, 0.3) is 0 Å². The third-order valence-electron chi connectivity index (χ3n) is 4.22. The Morgan fingerprint density at radius 3 is 2.83 bits per heavy atom. The van der Waals surface area contributed by atoms with Gasteiger partial charge in [0.15, 0.2) is 0 Å². The van der Waals surface area contributed by atoms with Crippen LogP contribution in [0.2, 0.25) is 5.02 Å². The van der Waals surface area contributed by atoms with Gasteiger partial charge >= 0.3 is 0 Å². The Labute approximate surface area is 116 Å². The largest absolute Gasteiger partial charge is 0.307 e. The molecule has 2 rings (SSSR count). The summed E-state index contributed by atoms with van der Waals surface area (Å²) < 4.78 is 0. The van der Waals surface area contributed by atoms with E-state index in [1.54, 1.807) is 0 Å². The molecule has 0 radical (unpaired) electrons. The van der Waals surface area contributed by atoms with Crippen LogP contribution in [-0.2, 0) is 0 Å². The molecular weight excluding hydrogens is 242 g/mol. The lowest BCUT2D eigenvalue weighted by molar-refractivity contribution is 0.266. The first kappa shape index (κ1) is 13.9. The average Bonchev–Trinajstić information content (AvgIpc) is 2.39. The summed E-state index contributed by atoms with van der Waals surface area (Å²) in [4.78, 5) is 0. The van der Waals surface area contributed by atoms with E-state index in [1.165, 1.54) is 37.7 Å². The zero-order valence-corrected chi connectivity index (χ0v) is 12.2. The fraction of sp³-hybridized carbons (Fsp3) is 0.625. The summed E-state index contributed by atoms with van der Waals surface area (Å²) in [5.74, 6) is 0.912. The molecule has 100 valence electrons. The number of nitrogens with one attached hydrogen (secondary N) is 1. The van der Waals surface area contributed by atoms with Crippen LogP contribution >= 0.6 is 11.6 Å². The maximum atomic E-state index is 6.25. The summed E-state index contributed by atoms with van der Waals surface area (Å²) in [7, 11) is 0. The number of benzene rings is 1. The minimum absolute atomic E-state index is 0.347. The normalized spacial score (nSPS) is 25.9. The molecule has 1 aromatic rings. The van der Waals surface area contributed by atoms with Crippen molar-refractivity contribution in [3.05, 3.63) is 34.9 Å². The molecule has 1 fully saturated rings. The van der Waals surface area contributed by atoms with Crippen molar-refractivity contribution in [2.24, 2.45) is 5.92 Å².